The van der Waals surface area contributed by atoms with E-state index < -0.39 is 23.8 Å². The summed E-state index contributed by atoms with van der Waals surface area (Å²) in [5.74, 6) is -2.10. The highest BCUT2D eigenvalue weighted by molar-refractivity contribution is 6.08. The monoisotopic (exact) mass is 484 g/mol. The van der Waals surface area contributed by atoms with E-state index in [1.54, 1.807) is 44.2 Å². The SMILES string of the molecule is CCOC(=O)[C@H]1C(=O)NC(N2CCN(c3ccccc3F)CC2)=N[C@H]1c1ccc(O)c(OCC)c1. The number of nitrogens with one attached hydrogen (secondary N) is 1. The van der Waals surface area contributed by atoms with Gasteiger partial charge in [-0.1, -0.05) is 18.2 Å². The number of amides is 1. The first-order valence-corrected chi connectivity index (χ1v) is 11.7. The van der Waals surface area contributed by atoms with E-state index in [2.05, 4.69) is 5.32 Å². The van der Waals surface area contributed by atoms with Crippen molar-refractivity contribution in [3.8, 4) is 11.5 Å². The largest absolute Gasteiger partial charge is 0.504 e. The maximum Gasteiger partial charge on any atom is 0.321 e. The normalized spacial score (nSPS) is 20.2. The number of benzene rings is 2. The van der Waals surface area contributed by atoms with Crippen LogP contribution in [0, 0.1) is 11.7 Å². The highest BCUT2D eigenvalue weighted by Crippen LogP contribution is 2.36. The number of carbonyl (C=O) groups is 2. The highest BCUT2D eigenvalue weighted by Gasteiger charge is 2.42. The van der Waals surface area contributed by atoms with Gasteiger partial charge in [-0.25, -0.2) is 9.38 Å². The van der Waals surface area contributed by atoms with Gasteiger partial charge in [-0.05, 0) is 43.7 Å². The number of aromatic hydroxyl groups is 1. The van der Waals surface area contributed by atoms with Crippen molar-refractivity contribution in [1.29, 1.82) is 0 Å². The van der Waals surface area contributed by atoms with E-state index in [1.165, 1.54) is 12.1 Å². The van der Waals surface area contributed by atoms with Crippen molar-refractivity contribution in [2.24, 2.45) is 10.9 Å². The van der Waals surface area contributed by atoms with E-state index in [4.69, 9.17) is 14.5 Å². The summed E-state index contributed by atoms with van der Waals surface area (Å²) in [7, 11) is 0. The maximum absolute atomic E-state index is 14.2. The van der Waals surface area contributed by atoms with Crippen LogP contribution in [0.4, 0.5) is 10.1 Å². The van der Waals surface area contributed by atoms with Gasteiger partial charge >= 0.3 is 5.97 Å². The molecule has 2 aromatic carbocycles. The van der Waals surface area contributed by atoms with Crippen molar-refractivity contribution in [2.75, 3.05) is 44.3 Å². The molecule has 9 nitrogen and oxygen atoms in total. The number of phenols is 1. The van der Waals surface area contributed by atoms with Crippen LogP contribution in [0.25, 0.3) is 0 Å². The lowest BCUT2D eigenvalue weighted by molar-refractivity contribution is -0.153. The van der Waals surface area contributed by atoms with Crippen LogP contribution in [0.3, 0.4) is 0 Å². The van der Waals surface area contributed by atoms with Gasteiger partial charge < -0.3 is 24.4 Å². The number of phenolic OH excluding ortho intramolecular Hbond substituents is 1. The third-order valence-electron chi connectivity index (χ3n) is 6.03. The topological polar surface area (TPSA) is 104 Å². The number of hydrogen-bond donors (Lipinski definition) is 2. The van der Waals surface area contributed by atoms with Crippen LogP contribution in [-0.2, 0) is 14.3 Å². The summed E-state index contributed by atoms with van der Waals surface area (Å²) in [4.78, 5) is 34.4. The van der Waals surface area contributed by atoms with Gasteiger partial charge in [-0.15, -0.1) is 0 Å². The number of esters is 1. The lowest BCUT2D eigenvalue weighted by Crippen LogP contribution is -2.57. The summed E-state index contributed by atoms with van der Waals surface area (Å²) in [6.45, 7) is 6.01. The molecule has 35 heavy (non-hydrogen) atoms. The maximum atomic E-state index is 14.2. The zero-order chi connectivity index (χ0) is 24.9. The average molecular weight is 485 g/mol. The molecule has 186 valence electrons. The Bertz CT molecular complexity index is 1120. The first-order chi connectivity index (χ1) is 16.9. The Balaban J connectivity index is 1.61. The van der Waals surface area contributed by atoms with Crippen molar-refractivity contribution >= 4 is 23.5 Å². The van der Waals surface area contributed by atoms with E-state index in [0.717, 1.165) is 0 Å². The molecule has 2 aliphatic rings. The summed E-state index contributed by atoms with van der Waals surface area (Å²) in [6, 6.07) is 10.4. The molecule has 2 aliphatic heterocycles. The molecule has 2 heterocycles. The number of rotatable bonds is 6. The molecular weight excluding hydrogens is 455 g/mol. The van der Waals surface area contributed by atoms with Crippen LogP contribution < -0.4 is 15.0 Å². The standard InChI is InChI=1S/C25H29FN4O5/c1-3-34-20-15-16(9-10-19(20)31)22-21(24(33)35-4-2)23(32)28-25(27-22)30-13-11-29(12-14-30)18-8-6-5-7-17(18)26/h5-10,15,21-22,31H,3-4,11-14H2,1-2H3,(H,27,28,32)/t21-,22+/m1/s1. The zero-order valence-electron chi connectivity index (χ0n) is 19.7. The molecule has 1 fully saturated rings. The van der Waals surface area contributed by atoms with Crippen LogP contribution in [-0.4, -0.2) is 67.2 Å². The van der Waals surface area contributed by atoms with Gasteiger partial charge in [-0.2, -0.15) is 0 Å². The van der Waals surface area contributed by atoms with Crippen LogP contribution in [0.15, 0.2) is 47.5 Å². The molecule has 2 aromatic rings. The summed E-state index contributed by atoms with van der Waals surface area (Å²) >= 11 is 0. The van der Waals surface area contributed by atoms with Crippen LogP contribution in [0.2, 0.25) is 0 Å². The highest BCUT2D eigenvalue weighted by atomic mass is 19.1. The lowest BCUT2D eigenvalue weighted by Gasteiger charge is -2.39. The minimum absolute atomic E-state index is 0.0444. The molecule has 0 spiro atoms. The van der Waals surface area contributed by atoms with E-state index in [0.29, 0.717) is 50.0 Å². The molecule has 10 heteroatoms. The molecule has 1 amide bonds. The predicted molar refractivity (Wildman–Crippen MR) is 128 cm³/mol. The molecule has 0 aromatic heterocycles. The fraction of sp³-hybridized carbons (Fsp3) is 0.400. The summed E-state index contributed by atoms with van der Waals surface area (Å²) in [5, 5.41) is 12.9. The van der Waals surface area contributed by atoms with Crippen molar-refractivity contribution < 1.29 is 28.6 Å². The second-order valence-corrected chi connectivity index (χ2v) is 8.20. The molecule has 0 radical (unpaired) electrons. The van der Waals surface area contributed by atoms with Gasteiger partial charge in [0.15, 0.2) is 17.4 Å². The third-order valence-corrected chi connectivity index (χ3v) is 6.03. The summed E-state index contributed by atoms with van der Waals surface area (Å²) in [5.41, 5.74) is 1.08. The molecule has 0 saturated carbocycles. The number of guanidine groups is 1. The number of hydrogen-bond acceptors (Lipinski definition) is 8. The van der Waals surface area contributed by atoms with Crippen molar-refractivity contribution in [1.82, 2.24) is 10.2 Å². The van der Waals surface area contributed by atoms with E-state index >= 15 is 0 Å². The zero-order valence-corrected chi connectivity index (χ0v) is 19.7. The molecule has 4 rings (SSSR count). The predicted octanol–water partition coefficient (Wildman–Crippen LogP) is 2.46. The van der Waals surface area contributed by atoms with Gasteiger partial charge in [0, 0.05) is 26.2 Å². The summed E-state index contributed by atoms with van der Waals surface area (Å²) < 4.78 is 24.8. The Morgan fingerprint density at radius 2 is 1.83 bits per heavy atom. The van der Waals surface area contributed by atoms with Crippen LogP contribution >= 0.6 is 0 Å². The van der Waals surface area contributed by atoms with E-state index in [1.807, 2.05) is 9.80 Å². The average Bonchev–Trinajstić information content (AvgIpc) is 2.85. The molecule has 0 unspecified atom stereocenters. The molecule has 2 atom stereocenters. The second-order valence-electron chi connectivity index (χ2n) is 8.20. The number of aliphatic imine (C=N–C) groups is 1. The number of ether oxygens (including phenoxy) is 2. The quantitative estimate of drug-likeness (QED) is 0.480. The Kier molecular flexibility index (Phi) is 7.38. The molecule has 1 saturated heterocycles. The second kappa shape index (κ2) is 10.6. The fourth-order valence-corrected chi connectivity index (χ4v) is 4.32. The van der Waals surface area contributed by atoms with Crippen molar-refractivity contribution in [3.63, 3.8) is 0 Å². The number of nitrogens with zero attached hydrogens (tertiary/aromatic N) is 3. The lowest BCUT2D eigenvalue weighted by atomic mass is 9.91. The molecule has 0 bridgehead atoms. The molecular formula is C25H29FN4O5. The van der Waals surface area contributed by atoms with Gasteiger partial charge in [0.25, 0.3) is 0 Å². The van der Waals surface area contributed by atoms with Gasteiger partial charge in [0.2, 0.25) is 11.9 Å². The minimum Gasteiger partial charge on any atom is -0.504 e. The Labute approximate surface area is 203 Å². The van der Waals surface area contributed by atoms with Gasteiger partial charge in [0.05, 0.1) is 18.9 Å². The first kappa shape index (κ1) is 24.3. The fourth-order valence-electron chi connectivity index (χ4n) is 4.32. The summed E-state index contributed by atoms with van der Waals surface area (Å²) in [6.07, 6.45) is 0. The minimum atomic E-state index is -1.18. The smallest absolute Gasteiger partial charge is 0.321 e. The van der Waals surface area contributed by atoms with Crippen molar-refractivity contribution in [2.45, 2.75) is 19.9 Å². The molecule has 0 aliphatic carbocycles. The molecule has 2 N–H and O–H groups in total. The third kappa shape index (κ3) is 5.16. The number of para-hydroxylation sites is 1. The van der Waals surface area contributed by atoms with Crippen LogP contribution in [0.5, 0.6) is 11.5 Å². The van der Waals surface area contributed by atoms with Gasteiger partial charge in [0.1, 0.15) is 11.9 Å². The number of halogens is 1. The number of carbonyl (C=O) groups excluding carboxylic acids is 2. The Morgan fingerprint density at radius 1 is 1.11 bits per heavy atom. The Morgan fingerprint density at radius 3 is 2.51 bits per heavy atom. The van der Waals surface area contributed by atoms with Crippen LogP contribution in [0.1, 0.15) is 25.5 Å². The van der Waals surface area contributed by atoms with Gasteiger partial charge in [-0.3, -0.25) is 14.9 Å². The van der Waals surface area contributed by atoms with Crippen molar-refractivity contribution in [3.05, 3.63) is 53.8 Å². The number of anilines is 1. The Hall–Kier alpha value is -3.82. The van der Waals surface area contributed by atoms with E-state index in [-0.39, 0.29) is 23.9 Å². The first-order valence-electron chi connectivity index (χ1n) is 11.7. The van der Waals surface area contributed by atoms with E-state index in [9.17, 15) is 19.1 Å². The number of piperazine rings is 1.